The Balaban J connectivity index is 3.40. The molecule has 0 aliphatic rings. The number of carbonyl (C=O) groups excluding carboxylic acids is 2. The van der Waals surface area contributed by atoms with E-state index >= 15 is 0 Å². The summed E-state index contributed by atoms with van der Waals surface area (Å²) in [5, 5.41) is 0. The normalized spacial score (nSPS) is 14.8. The van der Waals surface area contributed by atoms with Gasteiger partial charge >= 0.3 is 184 Å². The molecular formula is C24H44O4P2. The fourth-order valence-electron chi connectivity index (χ4n) is 4.61. The number of hydrogen-bond acceptors (Lipinski definition) is 4. The Bertz CT molecular complexity index is 641. The van der Waals surface area contributed by atoms with Gasteiger partial charge < -0.3 is 0 Å². The van der Waals surface area contributed by atoms with Gasteiger partial charge in [-0.1, -0.05) is 0 Å². The Labute approximate surface area is 184 Å². The van der Waals surface area contributed by atoms with Gasteiger partial charge in [0.2, 0.25) is 0 Å². The molecule has 0 radical (unpaired) electrons. The van der Waals surface area contributed by atoms with E-state index in [0.717, 1.165) is 49.3 Å². The Kier molecular flexibility index (Phi) is 9.10. The molecule has 30 heavy (non-hydrogen) atoms. The van der Waals surface area contributed by atoms with Crippen molar-refractivity contribution in [1.82, 2.24) is 0 Å². The summed E-state index contributed by atoms with van der Waals surface area (Å²) in [5.74, 6) is -0.761. The summed E-state index contributed by atoms with van der Waals surface area (Å²) in [4.78, 5) is 26.7. The molecule has 0 bridgehead atoms. The first-order valence-electron chi connectivity index (χ1n) is 11.7. The van der Waals surface area contributed by atoms with Crippen LogP contribution in [0.3, 0.4) is 0 Å². The molecule has 0 atom stereocenters. The molecule has 0 amide bonds. The van der Waals surface area contributed by atoms with E-state index in [0.29, 0.717) is 11.1 Å². The predicted octanol–water partition coefficient (Wildman–Crippen LogP) is 7.10. The molecule has 0 saturated heterocycles. The molecule has 174 valence electrons. The zero-order chi connectivity index (χ0) is 23.1. The van der Waals surface area contributed by atoms with Crippen molar-refractivity contribution in [2.45, 2.75) is 55.4 Å². The maximum absolute atomic E-state index is 13.4. The van der Waals surface area contributed by atoms with Crippen molar-refractivity contribution in [2.24, 2.45) is 0 Å². The van der Waals surface area contributed by atoms with Crippen LogP contribution in [-0.4, -0.2) is 61.2 Å². The second-order valence-corrected chi connectivity index (χ2v) is 21.4. The van der Waals surface area contributed by atoms with Crippen molar-refractivity contribution in [2.75, 3.05) is 49.3 Å². The fourth-order valence-corrected chi connectivity index (χ4v) is 12.1. The Morgan fingerprint density at radius 1 is 0.567 bits per heavy atom. The van der Waals surface area contributed by atoms with Crippen LogP contribution in [0, 0.1) is 0 Å². The predicted molar refractivity (Wildman–Crippen MR) is 135 cm³/mol. The molecule has 1 aromatic carbocycles. The minimum absolute atomic E-state index is 0.330. The first-order valence-corrected chi connectivity index (χ1v) is 17.5. The van der Waals surface area contributed by atoms with E-state index in [1.54, 1.807) is 24.3 Å². The SMILES string of the molecule is CCP(CC)(CC)(CC)OC(=O)c1ccccc1C(=O)OP(CC)(CC)(CC)CC. The van der Waals surface area contributed by atoms with Gasteiger partial charge in [0.25, 0.3) is 0 Å². The topological polar surface area (TPSA) is 52.6 Å². The van der Waals surface area contributed by atoms with Crippen LogP contribution >= 0.6 is 13.7 Å². The molecule has 0 N–H and O–H groups in total. The molecule has 0 aliphatic carbocycles. The summed E-state index contributed by atoms with van der Waals surface area (Å²) < 4.78 is 12.7. The summed E-state index contributed by atoms with van der Waals surface area (Å²) in [6.07, 6.45) is 6.90. The quantitative estimate of drug-likeness (QED) is 0.314. The molecule has 0 aliphatic heterocycles. The van der Waals surface area contributed by atoms with Crippen molar-refractivity contribution in [3.05, 3.63) is 35.4 Å². The van der Waals surface area contributed by atoms with Gasteiger partial charge in [0.15, 0.2) is 0 Å². The van der Waals surface area contributed by atoms with E-state index in [-0.39, 0.29) is 11.9 Å². The van der Waals surface area contributed by atoms with E-state index in [1.807, 2.05) is 0 Å². The summed E-state index contributed by atoms with van der Waals surface area (Å²) in [7, 11) is 0. The number of hydrogen-bond donors (Lipinski definition) is 0. The van der Waals surface area contributed by atoms with Crippen molar-refractivity contribution in [3.8, 4) is 0 Å². The van der Waals surface area contributed by atoms with Gasteiger partial charge in [-0.25, -0.2) is 0 Å². The molecule has 0 aromatic heterocycles. The summed E-state index contributed by atoms with van der Waals surface area (Å²) in [6, 6.07) is 6.98. The maximum atomic E-state index is 13.4. The van der Waals surface area contributed by atoms with E-state index in [1.165, 1.54) is 0 Å². The summed E-state index contributed by atoms with van der Waals surface area (Å²) in [6.45, 7) is 11.7. The van der Waals surface area contributed by atoms with Gasteiger partial charge in [-0.05, 0) is 0 Å². The standard InChI is InChI=1S/C24H44O4P2/c1-9-29(10-2,11-3,12-4)27-23(25)21-19-17-18-20-22(21)24(26)28-30(13-5,14-6,15-7)16-8/h17-20H,9-16H2,1-8H3. The number of carbonyl (C=O) groups is 2. The summed E-state index contributed by atoms with van der Waals surface area (Å²) in [5.41, 5.74) is 0.660. The van der Waals surface area contributed by atoms with Crippen LogP contribution in [0.5, 0.6) is 0 Å². The second-order valence-electron chi connectivity index (χ2n) is 8.55. The zero-order valence-corrected chi connectivity index (χ0v) is 22.3. The molecular weight excluding hydrogens is 414 g/mol. The van der Waals surface area contributed by atoms with Gasteiger partial charge in [0.05, 0.1) is 0 Å². The van der Waals surface area contributed by atoms with E-state index in [9.17, 15) is 9.59 Å². The number of rotatable bonds is 12. The third kappa shape index (κ3) is 4.76. The van der Waals surface area contributed by atoms with Crippen molar-refractivity contribution >= 4 is 25.6 Å². The van der Waals surface area contributed by atoms with Crippen LogP contribution in [0.25, 0.3) is 0 Å². The molecule has 0 spiro atoms. The first kappa shape index (κ1) is 27.1. The molecule has 4 nitrogen and oxygen atoms in total. The third-order valence-corrected chi connectivity index (χ3v) is 22.6. The van der Waals surface area contributed by atoms with E-state index in [2.05, 4.69) is 55.4 Å². The van der Waals surface area contributed by atoms with Crippen LogP contribution in [-0.2, 0) is 9.05 Å². The van der Waals surface area contributed by atoms with Gasteiger partial charge in [-0.15, -0.1) is 0 Å². The van der Waals surface area contributed by atoms with Crippen LogP contribution in [0.15, 0.2) is 24.3 Å². The van der Waals surface area contributed by atoms with Gasteiger partial charge in [0, 0.05) is 0 Å². The molecule has 0 saturated carbocycles. The minimum atomic E-state index is -2.61. The van der Waals surface area contributed by atoms with Crippen LogP contribution in [0.1, 0.15) is 76.1 Å². The van der Waals surface area contributed by atoms with Crippen molar-refractivity contribution in [3.63, 3.8) is 0 Å². The fraction of sp³-hybridized carbons (Fsp3) is 0.667. The first-order chi connectivity index (χ1) is 14.1. The van der Waals surface area contributed by atoms with Crippen molar-refractivity contribution < 1.29 is 18.6 Å². The van der Waals surface area contributed by atoms with E-state index < -0.39 is 13.7 Å². The average molecular weight is 459 g/mol. The van der Waals surface area contributed by atoms with Gasteiger partial charge in [-0.3, -0.25) is 0 Å². The molecule has 6 heteroatoms. The monoisotopic (exact) mass is 458 g/mol. The van der Waals surface area contributed by atoms with Crippen LogP contribution in [0.4, 0.5) is 0 Å². The second kappa shape index (κ2) is 10.1. The molecule has 0 heterocycles. The Morgan fingerprint density at radius 2 is 0.800 bits per heavy atom. The van der Waals surface area contributed by atoms with Gasteiger partial charge in [-0.2, -0.15) is 0 Å². The van der Waals surface area contributed by atoms with E-state index in [4.69, 9.17) is 9.05 Å². The zero-order valence-electron chi connectivity index (χ0n) is 20.5. The van der Waals surface area contributed by atoms with Crippen LogP contribution < -0.4 is 0 Å². The number of benzene rings is 1. The third-order valence-electron chi connectivity index (χ3n) is 8.45. The average Bonchev–Trinajstić information content (AvgIpc) is 2.82. The van der Waals surface area contributed by atoms with Gasteiger partial charge in [0.1, 0.15) is 0 Å². The molecule has 1 aromatic rings. The molecule has 0 unspecified atom stereocenters. The van der Waals surface area contributed by atoms with Crippen molar-refractivity contribution in [1.29, 1.82) is 0 Å². The van der Waals surface area contributed by atoms with Crippen LogP contribution in [0.2, 0.25) is 0 Å². The summed E-state index contributed by atoms with van der Waals surface area (Å²) >= 11 is 0. The Hall–Kier alpha value is -0.980. The molecule has 1 rings (SSSR count). The molecule has 0 fully saturated rings. The Morgan fingerprint density at radius 3 is 1.00 bits per heavy atom.